The van der Waals surface area contributed by atoms with E-state index in [1.807, 2.05) is 0 Å². The zero-order valence-corrected chi connectivity index (χ0v) is 10.8. The molecule has 0 aromatic carbocycles. The highest BCUT2D eigenvalue weighted by Crippen LogP contribution is 2.20. The van der Waals surface area contributed by atoms with Crippen molar-refractivity contribution < 1.29 is 18.5 Å². The monoisotopic (exact) mass is 275 g/mol. The van der Waals surface area contributed by atoms with Gasteiger partial charge in [0.05, 0.1) is 12.3 Å². The van der Waals surface area contributed by atoms with E-state index in [2.05, 4.69) is 10.5 Å². The molecular weight excluding hydrogens is 262 g/mol. The molecule has 20 heavy (non-hydrogen) atoms. The normalized spacial score (nSPS) is 18.6. The highest BCUT2D eigenvalue weighted by atomic mass is 16.5. The lowest BCUT2D eigenvalue weighted by molar-refractivity contribution is -0.126. The van der Waals surface area contributed by atoms with Crippen LogP contribution in [-0.2, 0) is 4.79 Å². The first-order valence-electron chi connectivity index (χ1n) is 6.19. The Morgan fingerprint density at radius 1 is 1.50 bits per heavy atom. The second kappa shape index (κ2) is 4.84. The van der Waals surface area contributed by atoms with Crippen LogP contribution >= 0.6 is 0 Å². The first kappa shape index (κ1) is 12.5. The van der Waals surface area contributed by atoms with Crippen LogP contribution in [0.1, 0.15) is 16.9 Å². The molecule has 0 saturated carbocycles. The summed E-state index contributed by atoms with van der Waals surface area (Å²) in [5.74, 6) is 0.554. The summed E-state index contributed by atoms with van der Waals surface area (Å²) in [5, 5.41) is 6.47. The van der Waals surface area contributed by atoms with Crippen LogP contribution in [0.3, 0.4) is 0 Å². The molecule has 1 aliphatic heterocycles. The van der Waals surface area contributed by atoms with E-state index in [-0.39, 0.29) is 23.6 Å². The third-order valence-corrected chi connectivity index (χ3v) is 3.18. The molecule has 0 spiro atoms. The van der Waals surface area contributed by atoms with Crippen molar-refractivity contribution in [3.63, 3.8) is 0 Å². The van der Waals surface area contributed by atoms with E-state index in [0.29, 0.717) is 24.5 Å². The third-order valence-electron chi connectivity index (χ3n) is 3.18. The summed E-state index contributed by atoms with van der Waals surface area (Å²) in [6, 6.07) is 4.75. The summed E-state index contributed by atoms with van der Waals surface area (Å²) in [7, 11) is 1.71. The van der Waals surface area contributed by atoms with Crippen molar-refractivity contribution in [3.8, 4) is 11.5 Å². The van der Waals surface area contributed by atoms with Gasteiger partial charge in [-0.15, -0.1) is 0 Å². The molecule has 1 N–H and O–H groups in total. The largest absolute Gasteiger partial charge is 0.461 e. The number of likely N-dealkylation sites (N-methyl/N-ethyl adjacent to an activating group) is 1. The van der Waals surface area contributed by atoms with Crippen LogP contribution < -0.4 is 5.32 Å². The molecule has 0 unspecified atom stereocenters. The van der Waals surface area contributed by atoms with Crippen molar-refractivity contribution in [2.75, 3.05) is 13.6 Å². The topological polar surface area (TPSA) is 88.6 Å². The second-order valence-corrected chi connectivity index (χ2v) is 4.70. The zero-order valence-electron chi connectivity index (χ0n) is 10.8. The van der Waals surface area contributed by atoms with Gasteiger partial charge < -0.3 is 19.2 Å². The smallest absolute Gasteiger partial charge is 0.273 e. The summed E-state index contributed by atoms with van der Waals surface area (Å²) in [5.41, 5.74) is 0.165. The van der Waals surface area contributed by atoms with Gasteiger partial charge in [-0.2, -0.15) is 0 Å². The number of carbonyl (C=O) groups is 2. The molecule has 104 valence electrons. The molecule has 2 aromatic rings. The fourth-order valence-corrected chi connectivity index (χ4v) is 2.14. The van der Waals surface area contributed by atoms with Gasteiger partial charge in [0.1, 0.15) is 0 Å². The summed E-state index contributed by atoms with van der Waals surface area (Å²) in [6.07, 6.45) is 1.82. The minimum Gasteiger partial charge on any atom is -0.461 e. The Bertz CT molecular complexity index is 632. The van der Waals surface area contributed by atoms with Gasteiger partial charge in [0.15, 0.2) is 11.5 Å². The van der Waals surface area contributed by atoms with E-state index in [1.165, 1.54) is 12.3 Å². The SMILES string of the molecule is CN1C[C@H](NC(=O)c2cc(-c3ccco3)on2)CC1=O. The van der Waals surface area contributed by atoms with Gasteiger partial charge in [-0.25, -0.2) is 0 Å². The third kappa shape index (κ3) is 2.29. The van der Waals surface area contributed by atoms with E-state index in [9.17, 15) is 9.59 Å². The molecule has 7 nitrogen and oxygen atoms in total. The number of aromatic nitrogens is 1. The van der Waals surface area contributed by atoms with Gasteiger partial charge in [-0.1, -0.05) is 5.16 Å². The molecule has 1 fully saturated rings. The average Bonchev–Trinajstić information content (AvgIpc) is 3.12. The molecule has 7 heteroatoms. The van der Waals surface area contributed by atoms with Gasteiger partial charge in [0, 0.05) is 26.1 Å². The predicted molar refractivity (Wildman–Crippen MR) is 67.7 cm³/mol. The fourth-order valence-electron chi connectivity index (χ4n) is 2.14. The summed E-state index contributed by atoms with van der Waals surface area (Å²) in [6.45, 7) is 0.507. The van der Waals surface area contributed by atoms with Gasteiger partial charge in [0.25, 0.3) is 5.91 Å². The summed E-state index contributed by atoms with van der Waals surface area (Å²) in [4.78, 5) is 25.0. The van der Waals surface area contributed by atoms with Crippen molar-refractivity contribution in [1.29, 1.82) is 0 Å². The lowest BCUT2D eigenvalue weighted by Gasteiger charge is -2.10. The summed E-state index contributed by atoms with van der Waals surface area (Å²) < 4.78 is 10.2. The Morgan fingerprint density at radius 2 is 2.35 bits per heavy atom. The van der Waals surface area contributed by atoms with E-state index in [0.717, 1.165) is 0 Å². The maximum atomic E-state index is 12.0. The minimum absolute atomic E-state index is 0.0201. The van der Waals surface area contributed by atoms with Gasteiger partial charge in [-0.3, -0.25) is 9.59 Å². The number of nitrogens with one attached hydrogen (secondary N) is 1. The standard InChI is InChI=1S/C13H13N3O4/c1-16-7-8(5-12(16)17)14-13(18)9-6-11(20-15-9)10-3-2-4-19-10/h2-4,6,8H,5,7H2,1H3,(H,14,18)/t8-/m1/s1. The molecule has 1 saturated heterocycles. The number of likely N-dealkylation sites (tertiary alicyclic amines) is 1. The molecular formula is C13H13N3O4. The number of hydrogen-bond acceptors (Lipinski definition) is 5. The Labute approximate surface area is 114 Å². The zero-order chi connectivity index (χ0) is 14.1. The number of furan rings is 1. The number of hydrogen-bond donors (Lipinski definition) is 1. The number of amides is 2. The number of carbonyl (C=O) groups excluding carboxylic acids is 2. The first-order chi connectivity index (χ1) is 9.63. The fraction of sp³-hybridized carbons (Fsp3) is 0.308. The van der Waals surface area contributed by atoms with Gasteiger partial charge >= 0.3 is 0 Å². The molecule has 0 radical (unpaired) electrons. The molecule has 1 atom stereocenters. The van der Waals surface area contributed by atoms with Crippen LogP contribution in [0.25, 0.3) is 11.5 Å². The maximum absolute atomic E-state index is 12.0. The van der Waals surface area contributed by atoms with Crippen LogP contribution in [0.5, 0.6) is 0 Å². The van der Waals surface area contributed by atoms with Crippen molar-refractivity contribution >= 4 is 11.8 Å². The van der Waals surface area contributed by atoms with Crippen LogP contribution in [-0.4, -0.2) is 41.5 Å². The molecule has 2 amide bonds. The van der Waals surface area contributed by atoms with Crippen LogP contribution in [0.4, 0.5) is 0 Å². The van der Waals surface area contributed by atoms with Crippen molar-refractivity contribution in [3.05, 3.63) is 30.2 Å². The van der Waals surface area contributed by atoms with Crippen LogP contribution in [0.2, 0.25) is 0 Å². The molecule has 2 aromatic heterocycles. The minimum atomic E-state index is -0.361. The molecule has 3 heterocycles. The number of nitrogens with zero attached hydrogens (tertiary/aromatic N) is 2. The van der Waals surface area contributed by atoms with E-state index in [1.54, 1.807) is 24.1 Å². The van der Waals surface area contributed by atoms with Crippen LogP contribution in [0.15, 0.2) is 33.4 Å². The Hall–Kier alpha value is -2.57. The van der Waals surface area contributed by atoms with Gasteiger partial charge in [-0.05, 0) is 12.1 Å². The molecule has 3 rings (SSSR count). The Kier molecular flexibility index (Phi) is 3.02. The lowest BCUT2D eigenvalue weighted by atomic mass is 10.2. The van der Waals surface area contributed by atoms with E-state index >= 15 is 0 Å². The van der Waals surface area contributed by atoms with Crippen molar-refractivity contribution in [1.82, 2.24) is 15.4 Å². The second-order valence-electron chi connectivity index (χ2n) is 4.70. The average molecular weight is 275 g/mol. The highest BCUT2D eigenvalue weighted by Gasteiger charge is 2.29. The van der Waals surface area contributed by atoms with Crippen molar-refractivity contribution in [2.45, 2.75) is 12.5 Å². The molecule has 1 aliphatic rings. The molecule has 0 bridgehead atoms. The first-order valence-corrected chi connectivity index (χ1v) is 6.19. The Balaban J connectivity index is 1.68. The van der Waals surface area contributed by atoms with Gasteiger partial charge in [0.2, 0.25) is 11.7 Å². The highest BCUT2D eigenvalue weighted by molar-refractivity contribution is 5.93. The summed E-state index contributed by atoms with van der Waals surface area (Å²) >= 11 is 0. The van der Waals surface area contributed by atoms with E-state index in [4.69, 9.17) is 8.94 Å². The maximum Gasteiger partial charge on any atom is 0.273 e. The van der Waals surface area contributed by atoms with Crippen molar-refractivity contribution in [2.24, 2.45) is 0 Å². The lowest BCUT2D eigenvalue weighted by Crippen LogP contribution is -2.36. The Morgan fingerprint density at radius 3 is 3.00 bits per heavy atom. The predicted octanol–water partition coefficient (Wildman–Crippen LogP) is 0.895. The van der Waals surface area contributed by atoms with E-state index < -0.39 is 0 Å². The molecule has 0 aliphatic carbocycles. The quantitative estimate of drug-likeness (QED) is 0.898. The van der Waals surface area contributed by atoms with Crippen LogP contribution in [0, 0.1) is 0 Å². The number of rotatable bonds is 3.